The van der Waals surface area contributed by atoms with Gasteiger partial charge in [0.25, 0.3) is 0 Å². The van der Waals surface area contributed by atoms with E-state index in [1.807, 2.05) is 0 Å². The minimum absolute atomic E-state index is 0.345. The Morgan fingerprint density at radius 1 is 1.21 bits per heavy atom. The van der Waals surface area contributed by atoms with Crippen molar-refractivity contribution in [2.75, 3.05) is 0 Å². The number of halogens is 4. The van der Waals surface area contributed by atoms with E-state index in [1.165, 1.54) is 6.07 Å². The smallest absolute Gasteiger partial charge is 0.166 e. The number of hydrogen-bond acceptors (Lipinski definition) is 0. The van der Waals surface area contributed by atoms with E-state index in [0.29, 0.717) is 10.6 Å². The van der Waals surface area contributed by atoms with Crippen molar-refractivity contribution in [2.24, 2.45) is 0 Å². The van der Waals surface area contributed by atoms with Gasteiger partial charge in [-0.25, -0.2) is 0 Å². The average molecular weight is 222 g/mol. The van der Waals surface area contributed by atoms with Gasteiger partial charge in [0.15, 0.2) is 0 Å². The van der Waals surface area contributed by atoms with Crippen LogP contribution in [0.25, 0.3) is 0 Å². The van der Waals surface area contributed by atoms with E-state index >= 15 is 0 Å². The summed E-state index contributed by atoms with van der Waals surface area (Å²) in [6, 6.07) is 3.32. The minimum Gasteiger partial charge on any atom is -0.166 e. The summed E-state index contributed by atoms with van der Waals surface area (Å²) in [5, 5.41) is 0.345. The number of rotatable bonds is 1. The van der Waals surface area contributed by atoms with E-state index in [4.69, 9.17) is 11.6 Å². The molecule has 1 rings (SSSR count). The fourth-order valence-electron chi connectivity index (χ4n) is 1.08. The first kappa shape index (κ1) is 11.4. The van der Waals surface area contributed by atoms with E-state index in [0.717, 1.165) is 18.1 Å². The lowest BCUT2D eigenvalue weighted by Crippen LogP contribution is -2.06. The van der Waals surface area contributed by atoms with E-state index in [1.54, 1.807) is 13.8 Å². The molecule has 0 atom stereocenters. The van der Waals surface area contributed by atoms with Crippen LogP contribution in [0.1, 0.15) is 25.0 Å². The van der Waals surface area contributed by atoms with Gasteiger partial charge in [0.1, 0.15) is 0 Å². The van der Waals surface area contributed by atoms with Gasteiger partial charge in [0.05, 0.1) is 5.56 Å². The van der Waals surface area contributed by atoms with Crippen LogP contribution in [-0.2, 0) is 6.18 Å². The maximum absolute atomic E-state index is 12.3. The Morgan fingerprint density at radius 2 is 1.79 bits per heavy atom. The zero-order valence-corrected chi connectivity index (χ0v) is 8.50. The summed E-state index contributed by atoms with van der Waals surface area (Å²) in [4.78, 5) is 0. The lowest BCUT2D eigenvalue weighted by molar-refractivity contribution is -0.137. The van der Waals surface area contributed by atoms with Gasteiger partial charge in [-0.2, -0.15) is 13.2 Å². The summed E-state index contributed by atoms with van der Waals surface area (Å²) in [6.07, 6.45) is -4.31. The molecule has 0 unspecified atom stereocenters. The highest BCUT2D eigenvalue weighted by atomic mass is 35.5. The van der Waals surface area contributed by atoms with Gasteiger partial charge in [0, 0.05) is 10.9 Å². The average Bonchev–Trinajstić information content (AvgIpc) is 2.02. The van der Waals surface area contributed by atoms with Crippen LogP contribution in [0.4, 0.5) is 13.2 Å². The van der Waals surface area contributed by atoms with Gasteiger partial charge in [0.2, 0.25) is 0 Å². The highest BCUT2D eigenvalue weighted by Gasteiger charge is 2.31. The fraction of sp³-hybridized carbons (Fsp3) is 0.300. The molecule has 0 fully saturated rings. The summed E-state index contributed by atoms with van der Waals surface area (Å²) in [6.45, 7) is 3.45. The van der Waals surface area contributed by atoms with Crippen LogP contribution in [0.3, 0.4) is 0 Å². The molecule has 0 amide bonds. The van der Waals surface area contributed by atoms with Crippen molar-refractivity contribution >= 4 is 11.6 Å². The molecule has 0 saturated carbocycles. The molecule has 0 N–H and O–H groups in total. The van der Waals surface area contributed by atoms with Crippen molar-refractivity contribution in [3.63, 3.8) is 0 Å². The second-order valence-corrected chi connectivity index (χ2v) is 3.60. The van der Waals surface area contributed by atoms with Gasteiger partial charge in [-0.3, -0.25) is 0 Å². The number of alkyl halides is 3. The van der Waals surface area contributed by atoms with Crippen molar-refractivity contribution < 1.29 is 13.2 Å². The zero-order valence-electron chi connectivity index (χ0n) is 7.74. The quantitative estimate of drug-likeness (QED) is 0.663. The largest absolute Gasteiger partial charge is 0.416 e. The molecule has 0 heterocycles. The third kappa shape index (κ3) is 2.41. The van der Waals surface area contributed by atoms with Crippen molar-refractivity contribution in [1.82, 2.24) is 0 Å². The summed E-state index contributed by atoms with van der Waals surface area (Å²) in [7, 11) is 0. The molecule has 4 heteroatoms. The van der Waals surface area contributed by atoms with Crippen LogP contribution in [0.15, 0.2) is 18.2 Å². The molecule has 1 aromatic rings. The molecule has 14 heavy (non-hydrogen) atoms. The van der Waals surface area contributed by atoms with Crippen molar-refractivity contribution in [3.8, 4) is 0 Å². The molecule has 0 saturated heterocycles. The number of hydrogen-bond donors (Lipinski definition) is 0. The molecule has 0 aromatic heterocycles. The van der Waals surface area contributed by atoms with Crippen LogP contribution < -0.4 is 0 Å². The Morgan fingerprint density at radius 3 is 2.21 bits per heavy atom. The Hall–Kier alpha value is -0.700. The first-order valence-corrected chi connectivity index (χ1v) is 4.37. The Balaban J connectivity index is 3.20. The van der Waals surface area contributed by atoms with Crippen LogP contribution in [0, 0.1) is 5.92 Å². The molecule has 0 aliphatic rings. The Labute approximate surface area is 85.7 Å². The molecule has 0 bridgehead atoms. The lowest BCUT2D eigenvalue weighted by atomic mass is 10.0. The minimum atomic E-state index is -4.31. The topological polar surface area (TPSA) is 0 Å². The Kier molecular flexibility index (Phi) is 3.10. The van der Waals surface area contributed by atoms with Gasteiger partial charge < -0.3 is 0 Å². The maximum atomic E-state index is 12.3. The van der Waals surface area contributed by atoms with Crippen molar-refractivity contribution in [2.45, 2.75) is 20.0 Å². The first-order chi connectivity index (χ1) is 6.32. The second kappa shape index (κ2) is 3.81. The van der Waals surface area contributed by atoms with Gasteiger partial charge >= 0.3 is 6.18 Å². The van der Waals surface area contributed by atoms with Crippen LogP contribution in [0.2, 0.25) is 5.02 Å². The lowest BCUT2D eigenvalue weighted by Gasteiger charge is -2.12. The first-order valence-electron chi connectivity index (χ1n) is 3.99. The maximum Gasteiger partial charge on any atom is 0.416 e. The fourth-order valence-corrected chi connectivity index (χ4v) is 1.39. The highest BCUT2D eigenvalue weighted by Crippen LogP contribution is 2.33. The monoisotopic (exact) mass is 221 g/mol. The molecule has 0 spiro atoms. The van der Waals surface area contributed by atoms with Crippen LogP contribution in [-0.4, -0.2) is 0 Å². The molecule has 0 aliphatic carbocycles. The molecule has 1 aromatic carbocycles. The van der Waals surface area contributed by atoms with Crippen LogP contribution >= 0.6 is 11.6 Å². The third-order valence-electron chi connectivity index (χ3n) is 1.83. The zero-order chi connectivity index (χ0) is 10.9. The predicted molar refractivity (Wildman–Crippen MR) is 50.1 cm³/mol. The molecule has 1 radical (unpaired) electrons. The summed E-state index contributed by atoms with van der Waals surface area (Å²) in [5.74, 6) is 0.765. The molecule has 77 valence electrons. The van der Waals surface area contributed by atoms with Crippen molar-refractivity contribution in [1.29, 1.82) is 0 Å². The standard InChI is InChI=1S/C10H9ClF3/c1-6(2)8-5-7(10(12,13)14)3-4-9(8)11/h3-5H,1-2H3. The Bertz CT molecular complexity index is 329. The molecular formula is C10H9ClF3. The summed E-state index contributed by atoms with van der Waals surface area (Å²) >= 11 is 5.75. The van der Waals surface area contributed by atoms with E-state index in [2.05, 4.69) is 0 Å². The predicted octanol–water partition coefficient (Wildman–Crippen LogP) is 4.32. The van der Waals surface area contributed by atoms with Crippen LogP contribution in [0.5, 0.6) is 0 Å². The molecular weight excluding hydrogens is 213 g/mol. The molecule has 0 nitrogen and oxygen atoms in total. The number of benzene rings is 1. The molecule has 0 aliphatic heterocycles. The van der Waals surface area contributed by atoms with E-state index in [9.17, 15) is 13.2 Å². The normalized spacial score (nSPS) is 12.2. The SMILES string of the molecule is C[C](C)c1cc(C(F)(F)F)ccc1Cl. The highest BCUT2D eigenvalue weighted by molar-refractivity contribution is 6.31. The van der Waals surface area contributed by atoms with Gasteiger partial charge in [-0.05, 0) is 23.8 Å². The van der Waals surface area contributed by atoms with E-state index < -0.39 is 11.7 Å². The summed E-state index contributed by atoms with van der Waals surface area (Å²) in [5.41, 5.74) is -0.223. The third-order valence-corrected chi connectivity index (χ3v) is 2.16. The van der Waals surface area contributed by atoms with E-state index in [-0.39, 0.29) is 0 Å². The second-order valence-electron chi connectivity index (χ2n) is 3.19. The summed E-state index contributed by atoms with van der Waals surface area (Å²) < 4.78 is 36.9. The van der Waals surface area contributed by atoms with Crippen molar-refractivity contribution in [3.05, 3.63) is 40.3 Å². The van der Waals surface area contributed by atoms with Gasteiger partial charge in [-0.1, -0.05) is 25.4 Å². The van der Waals surface area contributed by atoms with Gasteiger partial charge in [-0.15, -0.1) is 0 Å².